The van der Waals surface area contributed by atoms with E-state index in [-0.39, 0.29) is 12.5 Å². The number of hydrogen-bond donors (Lipinski definition) is 1. The molecule has 0 bridgehead atoms. The Bertz CT molecular complexity index is 557. The first kappa shape index (κ1) is 13.4. The van der Waals surface area contributed by atoms with Gasteiger partial charge in [-0.3, -0.25) is 0 Å². The van der Waals surface area contributed by atoms with Crippen LogP contribution in [-0.4, -0.2) is 0 Å². The van der Waals surface area contributed by atoms with E-state index in [9.17, 15) is 8.78 Å². The summed E-state index contributed by atoms with van der Waals surface area (Å²) in [5, 5.41) is 0. The van der Waals surface area contributed by atoms with Gasteiger partial charge in [-0.05, 0) is 70.5 Å². The van der Waals surface area contributed by atoms with Crippen LogP contribution in [0.3, 0.4) is 0 Å². The van der Waals surface area contributed by atoms with Crippen molar-refractivity contribution < 1.29 is 8.78 Å². The van der Waals surface area contributed by atoms with E-state index in [0.29, 0.717) is 5.56 Å². The number of benzene rings is 2. The van der Waals surface area contributed by atoms with Crippen LogP contribution in [0.15, 0.2) is 42.5 Å². The second-order valence-corrected chi connectivity index (χ2v) is 5.35. The zero-order chi connectivity index (χ0) is 13.1. The highest BCUT2D eigenvalue weighted by atomic mass is 127. The lowest BCUT2D eigenvalue weighted by atomic mass is 9.99. The number of nitrogens with two attached hydrogens (primary N) is 1. The maximum atomic E-state index is 13.5. The second-order valence-electron chi connectivity index (χ2n) is 4.10. The van der Waals surface area contributed by atoms with Gasteiger partial charge in [-0.1, -0.05) is 12.1 Å². The Morgan fingerprint density at radius 3 is 2.61 bits per heavy atom. The monoisotopic (exact) mass is 359 g/mol. The van der Waals surface area contributed by atoms with Crippen LogP contribution in [0.2, 0.25) is 0 Å². The summed E-state index contributed by atoms with van der Waals surface area (Å²) in [6.45, 7) is 0. The molecule has 1 atom stereocenters. The number of rotatable bonds is 3. The highest BCUT2D eigenvalue weighted by Crippen LogP contribution is 2.20. The summed E-state index contributed by atoms with van der Waals surface area (Å²) in [6, 6.07) is 10.8. The fourth-order valence-electron chi connectivity index (χ4n) is 1.79. The SMILES string of the molecule is NC(Cc1cc(F)ccc1F)c1cccc(I)c1. The molecule has 2 rings (SSSR count). The Balaban J connectivity index is 2.21. The molecule has 0 saturated carbocycles. The summed E-state index contributed by atoms with van der Waals surface area (Å²) >= 11 is 2.19. The molecule has 94 valence electrons. The lowest BCUT2D eigenvalue weighted by molar-refractivity contribution is 0.572. The maximum absolute atomic E-state index is 13.5. The van der Waals surface area contributed by atoms with Gasteiger partial charge in [0.25, 0.3) is 0 Å². The van der Waals surface area contributed by atoms with Crippen molar-refractivity contribution >= 4 is 22.6 Å². The van der Waals surface area contributed by atoms with Crippen molar-refractivity contribution in [3.8, 4) is 0 Å². The van der Waals surface area contributed by atoms with Gasteiger partial charge in [0.2, 0.25) is 0 Å². The molecule has 0 fully saturated rings. The standard InChI is InChI=1S/C14H12F2IN/c15-11-4-5-13(16)10(6-11)8-14(18)9-2-1-3-12(17)7-9/h1-7,14H,8,18H2. The van der Waals surface area contributed by atoms with Gasteiger partial charge in [0, 0.05) is 9.61 Å². The molecule has 0 amide bonds. The van der Waals surface area contributed by atoms with Crippen LogP contribution in [0.4, 0.5) is 8.78 Å². The highest BCUT2D eigenvalue weighted by Gasteiger charge is 2.11. The predicted molar refractivity (Wildman–Crippen MR) is 76.1 cm³/mol. The van der Waals surface area contributed by atoms with Gasteiger partial charge in [0.05, 0.1) is 0 Å². The molecule has 0 spiro atoms. The summed E-state index contributed by atoms with van der Waals surface area (Å²) in [4.78, 5) is 0. The minimum Gasteiger partial charge on any atom is -0.324 e. The molecule has 2 N–H and O–H groups in total. The zero-order valence-corrected chi connectivity index (χ0v) is 11.7. The molecule has 0 aromatic heterocycles. The minimum atomic E-state index is -0.443. The highest BCUT2D eigenvalue weighted by molar-refractivity contribution is 14.1. The summed E-state index contributed by atoms with van der Waals surface area (Å²) in [6.07, 6.45) is 0.281. The van der Waals surface area contributed by atoms with Crippen LogP contribution in [0, 0.1) is 15.2 Å². The fraction of sp³-hybridized carbons (Fsp3) is 0.143. The second kappa shape index (κ2) is 5.75. The van der Waals surface area contributed by atoms with E-state index in [2.05, 4.69) is 22.6 Å². The molecule has 18 heavy (non-hydrogen) atoms. The first-order valence-electron chi connectivity index (χ1n) is 5.51. The van der Waals surface area contributed by atoms with Gasteiger partial charge in [0.15, 0.2) is 0 Å². The molecule has 0 aliphatic carbocycles. The minimum absolute atomic E-state index is 0.281. The van der Waals surface area contributed by atoms with Gasteiger partial charge < -0.3 is 5.73 Å². The molecule has 0 aliphatic rings. The first-order valence-corrected chi connectivity index (χ1v) is 6.59. The van der Waals surface area contributed by atoms with Crippen molar-refractivity contribution in [2.24, 2.45) is 5.73 Å². The van der Waals surface area contributed by atoms with Crippen LogP contribution < -0.4 is 5.73 Å². The largest absolute Gasteiger partial charge is 0.324 e. The van der Waals surface area contributed by atoms with Crippen LogP contribution >= 0.6 is 22.6 Å². The van der Waals surface area contributed by atoms with Crippen molar-refractivity contribution in [2.45, 2.75) is 12.5 Å². The van der Waals surface area contributed by atoms with Gasteiger partial charge in [0.1, 0.15) is 11.6 Å². The molecule has 0 aliphatic heterocycles. The van der Waals surface area contributed by atoms with Crippen molar-refractivity contribution in [3.05, 3.63) is 68.8 Å². The molecular formula is C14H12F2IN. The van der Waals surface area contributed by atoms with Crippen molar-refractivity contribution in [1.29, 1.82) is 0 Å². The zero-order valence-electron chi connectivity index (χ0n) is 9.54. The average Bonchev–Trinajstić information content (AvgIpc) is 2.34. The number of hydrogen-bond acceptors (Lipinski definition) is 1. The Hall–Kier alpha value is -1.01. The quantitative estimate of drug-likeness (QED) is 0.829. The third-order valence-electron chi connectivity index (χ3n) is 2.72. The molecule has 0 radical (unpaired) electrons. The Morgan fingerprint density at radius 2 is 1.89 bits per heavy atom. The topological polar surface area (TPSA) is 26.0 Å². The smallest absolute Gasteiger partial charge is 0.126 e. The van der Waals surface area contributed by atoms with Crippen molar-refractivity contribution in [3.63, 3.8) is 0 Å². The molecule has 0 heterocycles. The lowest BCUT2D eigenvalue weighted by Crippen LogP contribution is -2.14. The fourth-order valence-corrected chi connectivity index (χ4v) is 2.36. The Labute approximate surface area is 118 Å². The number of halogens is 3. The summed E-state index contributed by atoms with van der Waals surface area (Å²) in [5.41, 5.74) is 7.25. The lowest BCUT2D eigenvalue weighted by Gasteiger charge is -2.13. The van der Waals surface area contributed by atoms with E-state index in [4.69, 9.17) is 5.73 Å². The molecule has 1 unspecified atom stereocenters. The third kappa shape index (κ3) is 3.26. The Kier molecular flexibility index (Phi) is 4.29. The van der Waals surface area contributed by atoms with Crippen LogP contribution in [0.25, 0.3) is 0 Å². The van der Waals surface area contributed by atoms with E-state index >= 15 is 0 Å². The first-order chi connectivity index (χ1) is 8.56. The normalized spacial score (nSPS) is 12.4. The van der Waals surface area contributed by atoms with E-state index in [1.165, 1.54) is 6.07 Å². The molecular weight excluding hydrogens is 347 g/mol. The maximum Gasteiger partial charge on any atom is 0.126 e. The average molecular weight is 359 g/mol. The molecule has 1 nitrogen and oxygen atoms in total. The van der Waals surface area contributed by atoms with Crippen molar-refractivity contribution in [2.75, 3.05) is 0 Å². The molecule has 2 aromatic carbocycles. The van der Waals surface area contributed by atoms with E-state index in [0.717, 1.165) is 21.3 Å². The van der Waals surface area contributed by atoms with Crippen LogP contribution in [0.5, 0.6) is 0 Å². The van der Waals surface area contributed by atoms with Gasteiger partial charge in [-0.15, -0.1) is 0 Å². The van der Waals surface area contributed by atoms with Gasteiger partial charge in [-0.2, -0.15) is 0 Å². The van der Waals surface area contributed by atoms with Crippen LogP contribution in [0.1, 0.15) is 17.2 Å². The summed E-state index contributed by atoms with van der Waals surface area (Å²) < 4.78 is 27.6. The van der Waals surface area contributed by atoms with Gasteiger partial charge in [-0.25, -0.2) is 8.78 Å². The molecule has 4 heteroatoms. The molecule has 0 saturated heterocycles. The van der Waals surface area contributed by atoms with Crippen molar-refractivity contribution in [1.82, 2.24) is 0 Å². The van der Waals surface area contributed by atoms with E-state index in [1.807, 2.05) is 24.3 Å². The van der Waals surface area contributed by atoms with E-state index in [1.54, 1.807) is 0 Å². The third-order valence-corrected chi connectivity index (χ3v) is 3.40. The predicted octanol–water partition coefficient (Wildman–Crippen LogP) is 3.81. The summed E-state index contributed by atoms with van der Waals surface area (Å²) in [7, 11) is 0. The van der Waals surface area contributed by atoms with Crippen LogP contribution in [-0.2, 0) is 6.42 Å². The van der Waals surface area contributed by atoms with Gasteiger partial charge >= 0.3 is 0 Å². The Morgan fingerprint density at radius 1 is 1.11 bits per heavy atom. The molecule has 2 aromatic rings. The summed E-state index contributed by atoms with van der Waals surface area (Å²) in [5.74, 6) is -0.862. The van der Waals surface area contributed by atoms with E-state index < -0.39 is 11.6 Å².